The van der Waals surface area contributed by atoms with E-state index in [2.05, 4.69) is 27.8 Å². The van der Waals surface area contributed by atoms with E-state index in [9.17, 15) is 9.59 Å². The van der Waals surface area contributed by atoms with E-state index in [0.29, 0.717) is 23.8 Å². The molecule has 0 aliphatic carbocycles. The summed E-state index contributed by atoms with van der Waals surface area (Å²) in [7, 11) is 1.59. The van der Waals surface area contributed by atoms with Gasteiger partial charge in [-0.15, -0.1) is 10.2 Å². The van der Waals surface area contributed by atoms with Crippen molar-refractivity contribution in [1.82, 2.24) is 15.1 Å². The first-order valence-electron chi connectivity index (χ1n) is 11.0. The number of benzene rings is 2. The van der Waals surface area contributed by atoms with Crippen LogP contribution in [0.1, 0.15) is 46.1 Å². The summed E-state index contributed by atoms with van der Waals surface area (Å²) in [4.78, 5) is 27.3. The lowest BCUT2D eigenvalue weighted by molar-refractivity contribution is 0.102. The minimum atomic E-state index is -0.300. The Morgan fingerprint density at radius 3 is 2.67 bits per heavy atom. The van der Waals surface area contributed by atoms with Crippen LogP contribution in [0, 0.1) is 0 Å². The number of piperidine rings is 1. The molecule has 0 saturated carbocycles. The first kappa shape index (κ1) is 22.7. The summed E-state index contributed by atoms with van der Waals surface area (Å²) in [5, 5.41) is 15.3. The van der Waals surface area contributed by atoms with Gasteiger partial charge in [0, 0.05) is 30.4 Å². The second kappa shape index (κ2) is 10.4. The van der Waals surface area contributed by atoms with Crippen LogP contribution in [0.5, 0.6) is 5.75 Å². The fourth-order valence-electron chi connectivity index (χ4n) is 3.86. The minimum Gasteiger partial charge on any atom is -0.497 e. The van der Waals surface area contributed by atoms with Crippen molar-refractivity contribution in [3.05, 3.63) is 64.1 Å². The number of hydrogen-bond donors (Lipinski definition) is 2. The molecule has 4 rings (SSSR count). The van der Waals surface area contributed by atoms with Gasteiger partial charge in [0.1, 0.15) is 10.8 Å². The van der Waals surface area contributed by atoms with Gasteiger partial charge in [-0.1, -0.05) is 36.5 Å². The van der Waals surface area contributed by atoms with Crippen LogP contribution in [0.25, 0.3) is 0 Å². The third kappa shape index (κ3) is 5.48. The molecule has 8 nitrogen and oxygen atoms in total. The molecule has 9 heteroatoms. The first-order valence-corrected chi connectivity index (χ1v) is 11.8. The van der Waals surface area contributed by atoms with Crippen LogP contribution < -0.4 is 15.4 Å². The lowest BCUT2D eigenvalue weighted by atomic mass is 9.99. The summed E-state index contributed by atoms with van der Waals surface area (Å²) in [6.45, 7) is 3.31. The van der Waals surface area contributed by atoms with Crippen LogP contribution in [0.15, 0.2) is 48.5 Å². The van der Waals surface area contributed by atoms with Crippen LogP contribution in [-0.2, 0) is 6.42 Å². The number of hydrogen-bond acceptors (Lipinski definition) is 6. The molecule has 33 heavy (non-hydrogen) atoms. The van der Waals surface area contributed by atoms with Gasteiger partial charge in [0.25, 0.3) is 5.91 Å². The van der Waals surface area contributed by atoms with Gasteiger partial charge in [0.05, 0.1) is 7.11 Å². The Morgan fingerprint density at radius 1 is 1.12 bits per heavy atom. The number of nitrogens with zero attached hydrogens (tertiary/aromatic N) is 3. The molecule has 2 aromatic carbocycles. The Hall–Kier alpha value is -3.46. The molecule has 1 saturated heterocycles. The molecular formula is C24H27N5O3S. The Bertz CT molecular complexity index is 1120. The monoisotopic (exact) mass is 465 g/mol. The molecular weight excluding hydrogens is 438 g/mol. The topological polar surface area (TPSA) is 96.5 Å². The molecule has 1 aliphatic heterocycles. The third-order valence-electron chi connectivity index (χ3n) is 5.68. The molecule has 3 aromatic rings. The number of aryl methyl sites for hydroxylation is 1. The maximum atomic E-state index is 12.9. The number of rotatable bonds is 6. The second-order valence-electron chi connectivity index (χ2n) is 7.85. The highest BCUT2D eigenvalue weighted by atomic mass is 32.1. The molecule has 0 unspecified atom stereocenters. The summed E-state index contributed by atoms with van der Waals surface area (Å²) in [6, 6.07) is 14.8. The zero-order valence-electron chi connectivity index (χ0n) is 18.7. The summed E-state index contributed by atoms with van der Waals surface area (Å²) < 4.78 is 5.13. The van der Waals surface area contributed by atoms with E-state index in [-0.39, 0.29) is 17.9 Å². The highest BCUT2D eigenvalue weighted by Crippen LogP contribution is 2.30. The molecule has 1 aromatic heterocycles. The van der Waals surface area contributed by atoms with E-state index in [1.807, 2.05) is 29.2 Å². The van der Waals surface area contributed by atoms with Crippen LogP contribution in [0.4, 0.5) is 16.2 Å². The Morgan fingerprint density at radius 2 is 1.91 bits per heavy atom. The largest absolute Gasteiger partial charge is 0.497 e. The number of urea groups is 1. The average Bonchev–Trinajstić information content (AvgIpc) is 3.36. The summed E-state index contributed by atoms with van der Waals surface area (Å²) >= 11 is 1.28. The van der Waals surface area contributed by atoms with Crippen molar-refractivity contribution in [1.29, 1.82) is 0 Å². The summed E-state index contributed by atoms with van der Waals surface area (Å²) in [5.41, 5.74) is 2.61. The Kier molecular flexibility index (Phi) is 7.19. The lowest BCUT2D eigenvalue weighted by Crippen LogP contribution is -2.41. The Labute approximate surface area is 197 Å². The quantitative estimate of drug-likeness (QED) is 0.546. The van der Waals surface area contributed by atoms with Crippen molar-refractivity contribution < 1.29 is 14.3 Å². The summed E-state index contributed by atoms with van der Waals surface area (Å²) in [6.07, 6.45) is 2.63. The van der Waals surface area contributed by atoms with Crippen LogP contribution in [0.3, 0.4) is 0 Å². The standard InChI is InChI=1S/C24H27N5O3S/c1-3-16-7-4-5-9-20(16)26-24(31)29-14-6-8-17(15-29)22-27-28-23(33-22)21(30)25-18-10-12-19(32-2)13-11-18/h4-5,7,9-13,17H,3,6,8,14-15H2,1-2H3,(H,25,30)(H,26,31)/t17-/m0/s1. The van der Waals surface area contributed by atoms with E-state index >= 15 is 0 Å². The van der Waals surface area contributed by atoms with E-state index in [1.165, 1.54) is 11.3 Å². The number of methoxy groups -OCH3 is 1. The van der Waals surface area contributed by atoms with Crippen molar-refractivity contribution >= 4 is 34.6 Å². The van der Waals surface area contributed by atoms with Crippen LogP contribution in [0.2, 0.25) is 0 Å². The van der Waals surface area contributed by atoms with Crippen molar-refractivity contribution in [3.8, 4) is 5.75 Å². The number of carbonyl (C=O) groups excluding carboxylic acids is 2. The molecule has 1 fully saturated rings. The van der Waals surface area contributed by atoms with E-state index in [1.54, 1.807) is 31.4 Å². The Balaban J connectivity index is 1.38. The van der Waals surface area contributed by atoms with Crippen LogP contribution in [-0.4, -0.2) is 47.2 Å². The predicted molar refractivity (Wildman–Crippen MR) is 129 cm³/mol. The minimum absolute atomic E-state index is 0.0611. The molecule has 0 bridgehead atoms. The predicted octanol–water partition coefficient (Wildman–Crippen LogP) is 4.77. The van der Waals surface area contributed by atoms with Crippen LogP contribution >= 0.6 is 11.3 Å². The maximum absolute atomic E-state index is 12.9. The molecule has 1 aliphatic rings. The van der Waals surface area contributed by atoms with Gasteiger partial charge in [-0.25, -0.2) is 4.79 Å². The number of aromatic nitrogens is 2. The molecule has 0 spiro atoms. The number of carbonyl (C=O) groups is 2. The van der Waals surface area contributed by atoms with E-state index in [0.717, 1.165) is 41.3 Å². The normalized spacial score (nSPS) is 15.7. The van der Waals surface area contributed by atoms with Crippen molar-refractivity contribution in [2.24, 2.45) is 0 Å². The zero-order valence-corrected chi connectivity index (χ0v) is 19.5. The molecule has 2 heterocycles. The fraction of sp³-hybridized carbons (Fsp3) is 0.333. The van der Waals surface area contributed by atoms with E-state index in [4.69, 9.17) is 4.74 Å². The van der Waals surface area contributed by atoms with Gasteiger partial charge >= 0.3 is 6.03 Å². The van der Waals surface area contributed by atoms with Crippen molar-refractivity contribution in [3.63, 3.8) is 0 Å². The maximum Gasteiger partial charge on any atom is 0.321 e. The number of para-hydroxylation sites is 1. The van der Waals surface area contributed by atoms with Gasteiger partial charge in [-0.05, 0) is 55.2 Å². The third-order valence-corrected chi connectivity index (χ3v) is 6.76. The van der Waals surface area contributed by atoms with Gasteiger partial charge in [0.15, 0.2) is 0 Å². The van der Waals surface area contributed by atoms with Crippen molar-refractivity contribution in [2.45, 2.75) is 32.1 Å². The first-order chi connectivity index (χ1) is 16.1. The SMILES string of the molecule is CCc1ccccc1NC(=O)N1CCC[C@H](c2nnc(C(=O)Nc3ccc(OC)cc3)s2)C1. The van der Waals surface area contributed by atoms with Gasteiger partial charge < -0.3 is 20.3 Å². The van der Waals surface area contributed by atoms with Crippen molar-refractivity contribution in [2.75, 3.05) is 30.8 Å². The van der Waals surface area contributed by atoms with Gasteiger partial charge in [-0.2, -0.15) is 0 Å². The molecule has 0 radical (unpaired) electrons. The zero-order chi connectivity index (χ0) is 23.2. The molecule has 2 N–H and O–H groups in total. The van der Waals surface area contributed by atoms with Gasteiger partial charge in [-0.3, -0.25) is 4.79 Å². The number of anilines is 2. The molecule has 1 atom stereocenters. The number of ether oxygens (including phenoxy) is 1. The van der Waals surface area contributed by atoms with Gasteiger partial charge in [0.2, 0.25) is 5.01 Å². The smallest absolute Gasteiger partial charge is 0.321 e. The average molecular weight is 466 g/mol. The summed E-state index contributed by atoms with van der Waals surface area (Å²) in [5.74, 6) is 0.478. The fourth-order valence-corrected chi connectivity index (χ4v) is 4.72. The number of likely N-dealkylation sites (tertiary alicyclic amines) is 1. The number of amides is 3. The van der Waals surface area contributed by atoms with E-state index < -0.39 is 0 Å². The highest BCUT2D eigenvalue weighted by Gasteiger charge is 2.28. The highest BCUT2D eigenvalue weighted by molar-refractivity contribution is 7.13. The molecule has 3 amide bonds. The molecule has 172 valence electrons. The lowest BCUT2D eigenvalue weighted by Gasteiger charge is -2.31. The second-order valence-corrected chi connectivity index (χ2v) is 8.86. The number of nitrogens with one attached hydrogen (secondary N) is 2.